The minimum absolute atomic E-state index is 0.553. The molecule has 2 rings (SSSR count). The zero-order chi connectivity index (χ0) is 13.0. The summed E-state index contributed by atoms with van der Waals surface area (Å²) in [4.78, 5) is 11.0. The van der Waals surface area contributed by atoms with Crippen molar-refractivity contribution in [2.45, 2.75) is 19.3 Å². The highest BCUT2D eigenvalue weighted by molar-refractivity contribution is 6.03. The van der Waals surface area contributed by atoms with E-state index >= 15 is 0 Å². The number of rotatable bonds is 2. The average Bonchev–Trinajstić information content (AvgIpc) is 2.43. The van der Waals surface area contributed by atoms with Gasteiger partial charge in [-0.3, -0.25) is 0 Å². The fourth-order valence-corrected chi connectivity index (χ4v) is 2.04. The van der Waals surface area contributed by atoms with Crippen molar-refractivity contribution < 1.29 is 14.3 Å². The standard InChI is InChI=1S/C13H16N2O3/c1-17-10-6-7-11-9(8-10)4-3-5-12(11)14-15-13(16)18-2/h6-8H,3-5H2,1-2H3,(H,15,16)/b14-12-. The van der Waals surface area contributed by atoms with Crippen LogP contribution in [0.25, 0.3) is 0 Å². The molecular formula is C13H16N2O3. The van der Waals surface area contributed by atoms with Gasteiger partial charge in [0, 0.05) is 5.56 Å². The Balaban J connectivity index is 2.25. The lowest BCUT2D eigenvalue weighted by Crippen LogP contribution is -2.21. The van der Waals surface area contributed by atoms with Gasteiger partial charge in [-0.15, -0.1) is 0 Å². The number of methoxy groups -OCH3 is 2. The third-order valence-electron chi connectivity index (χ3n) is 2.95. The van der Waals surface area contributed by atoms with E-state index in [4.69, 9.17) is 4.74 Å². The molecule has 18 heavy (non-hydrogen) atoms. The molecule has 0 heterocycles. The molecule has 1 aromatic rings. The quantitative estimate of drug-likeness (QED) is 0.815. The number of ether oxygens (including phenoxy) is 2. The van der Waals surface area contributed by atoms with E-state index in [9.17, 15) is 4.79 Å². The van der Waals surface area contributed by atoms with Gasteiger partial charge in [-0.2, -0.15) is 5.10 Å². The molecule has 0 spiro atoms. The maximum atomic E-state index is 11.0. The minimum Gasteiger partial charge on any atom is -0.497 e. The summed E-state index contributed by atoms with van der Waals surface area (Å²) in [6, 6.07) is 5.89. The third kappa shape index (κ3) is 2.61. The van der Waals surface area contributed by atoms with Crippen LogP contribution in [0.5, 0.6) is 5.75 Å². The van der Waals surface area contributed by atoms with Crippen LogP contribution in [0.15, 0.2) is 23.3 Å². The van der Waals surface area contributed by atoms with E-state index in [0.717, 1.165) is 36.3 Å². The number of benzene rings is 1. The molecule has 0 bridgehead atoms. The Kier molecular flexibility index (Phi) is 3.82. The van der Waals surface area contributed by atoms with Gasteiger partial charge in [-0.25, -0.2) is 10.2 Å². The van der Waals surface area contributed by atoms with E-state index in [1.807, 2.05) is 18.2 Å². The summed E-state index contributed by atoms with van der Waals surface area (Å²) in [5, 5.41) is 4.10. The van der Waals surface area contributed by atoms with Gasteiger partial charge in [0.25, 0.3) is 0 Å². The first-order valence-corrected chi connectivity index (χ1v) is 5.82. The predicted octanol–water partition coefficient (Wildman–Crippen LogP) is 2.09. The lowest BCUT2D eigenvalue weighted by molar-refractivity contribution is 0.171. The van der Waals surface area contributed by atoms with E-state index in [1.165, 1.54) is 12.7 Å². The second kappa shape index (κ2) is 5.53. The number of aryl methyl sites for hydroxylation is 1. The van der Waals surface area contributed by atoms with Gasteiger partial charge in [-0.1, -0.05) is 0 Å². The van der Waals surface area contributed by atoms with Crippen LogP contribution in [0.3, 0.4) is 0 Å². The van der Waals surface area contributed by atoms with Crippen molar-refractivity contribution in [2.75, 3.05) is 14.2 Å². The predicted molar refractivity (Wildman–Crippen MR) is 68.0 cm³/mol. The van der Waals surface area contributed by atoms with Crippen molar-refractivity contribution in [2.24, 2.45) is 5.10 Å². The number of carbonyl (C=O) groups excluding carboxylic acids is 1. The highest BCUT2D eigenvalue weighted by Crippen LogP contribution is 2.25. The second-order valence-corrected chi connectivity index (χ2v) is 4.04. The van der Waals surface area contributed by atoms with Crippen molar-refractivity contribution in [3.05, 3.63) is 29.3 Å². The highest BCUT2D eigenvalue weighted by Gasteiger charge is 2.16. The smallest absolute Gasteiger partial charge is 0.427 e. The largest absolute Gasteiger partial charge is 0.497 e. The summed E-state index contributed by atoms with van der Waals surface area (Å²) in [6.07, 6.45) is 2.32. The molecule has 0 atom stereocenters. The fourth-order valence-electron chi connectivity index (χ4n) is 2.04. The Morgan fingerprint density at radius 3 is 2.89 bits per heavy atom. The van der Waals surface area contributed by atoms with E-state index in [-0.39, 0.29) is 0 Å². The summed E-state index contributed by atoms with van der Waals surface area (Å²) in [5.41, 5.74) is 5.51. The number of hydrazone groups is 1. The van der Waals surface area contributed by atoms with Crippen molar-refractivity contribution >= 4 is 11.8 Å². The van der Waals surface area contributed by atoms with Crippen molar-refractivity contribution in [1.82, 2.24) is 5.43 Å². The van der Waals surface area contributed by atoms with Gasteiger partial charge >= 0.3 is 6.09 Å². The first-order chi connectivity index (χ1) is 8.74. The number of nitrogens with zero attached hydrogens (tertiary/aromatic N) is 1. The molecule has 5 nitrogen and oxygen atoms in total. The maximum absolute atomic E-state index is 11.0. The molecule has 0 aliphatic heterocycles. The number of fused-ring (bicyclic) bond motifs is 1. The molecule has 96 valence electrons. The molecule has 1 aliphatic rings. The summed E-state index contributed by atoms with van der Waals surface area (Å²) in [6.45, 7) is 0. The van der Waals surface area contributed by atoms with Crippen LogP contribution in [0.4, 0.5) is 4.79 Å². The number of nitrogens with one attached hydrogen (secondary N) is 1. The van der Waals surface area contributed by atoms with Crippen molar-refractivity contribution in [3.8, 4) is 5.75 Å². The number of amides is 1. The van der Waals surface area contributed by atoms with Gasteiger partial charge in [-0.05, 0) is 43.0 Å². The van der Waals surface area contributed by atoms with Crippen LogP contribution in [-0.2, 0) is 11.2 Å². The molecule has 0 fully saturated rings. The van der Waals surface area contributed by atoms with E-state index < -0.39 is 6.09 Å². The summed E-state index contributed by atoms with van der Waals surface area (Å²) in [5.74, 6) is 0.843. The Morgan fingerprint density at radius 1 is 1.33 bits per heavy atom. The molecule has 0 saturated carbocycles. The lowest BCUT2D eigenvalue weighted by Gasteiger charge is -2.18. The molecule has 1 aliphatic carbocycles. The molecule has 5 heteroatoms. The molecular weight excluding hydrogens is 232 g/mol. The Labute approximate surface area is 106 Å². The van der Waals surface area contributed by atoms with Crippen molar-refractivity contribution in [1.29, 1.82) is 0 Å². The minimum atomic E-state index is -0.553. The van der Waals surface area contributed by atoms with E-state index in [0.29, 0.717) is 0 Å². The topological polar surface area (TPSA) is 59.9 Å². The molecule has 0 saturated heterocycles. The maximum Gasteiger partial charge on any atom is 0.427 e. The first-order valence-electron chi connectivity index (χ1n) is 5.82. The van der Waals surface area contributed by atoms with Gasteiger partial charge in [0.15, 0.2) is 0 Å². The number of hydrogen-bond donors (Lipinski definition) is 1. The summed E-state index contributed by atoms with van der Waals surface area (Å²) < 4.78 is 9.69. The summed E-state index contributed by atoms with van der Waals surface area (Å²) >= 11 is 0. The van der Waals surface area contributed by atoms with Crippen molar-refractivity contribution in [3.63, 3.8) is 0 Å². The lowest BCUT2D eigenvalue weighted by atomic mass is 9.90. The highest BCUT2D eigenvalue weighted by atomic mass is 16.5. The Bertz CT molecular complexity index is 483. The first kappa shape index (κ1) is 12.4. The number of hydrogen-bond acceptors (Lipinski definition) is 4. The molecule has 0 unspecified atom stereocenters. The zero-order valence-corrected chi connectivity index (χ0v) is 10.5. The van der Waals surface area contributed by atoms with Crippen LogP contribution in [-0.4, -0.2) is 26.0 Å². The van der Waals surface area contributed by atoms with Crippen LogP contribution >= 0.6 is 0 Å². The normalized spacial score (nSPS) is 16.0. The summed E-state index contributed by atoms with van der Waals surface area (Å²) in [7, 11) is 2.97. The fraction of sp³-hybridized carbons (Fsp3) is 0.385. The van der Waals surface area contributed by atoms with Crippen LogP contribution < -0.4 is 10.2 Å². The molecule has 0 radical (unpaired) electrons. The molecule has 1 N–H and O–H groups in total. The SMILES string of the molecule is COC(=O)N/N=C1/CCCc2cc(OC)ccc21. The average molecular weight is 248 g/mol. The molecule has 0 aromatic heterocycles. The van der Waals surface area contributed by atoms with Crippen LogP contribution in [0.1, 0.15) is 24.0 Å². The van der Waals surface area contributed by atoms with Gasteiger partial charge in [0.2, 0.25) is 0 Å². The van der Waals surface area contributed by atoms with E-state index in [1.54, 1.807) is 7.11 Å². The number of carbonyl (C=O) groups is 1. The van der Waals surface area contributed by atoms with Gasteiger partial charge in [0.1, 0.15) is 5.75 Å². The zero-order valence-electron chi connectivity index (χ0n) is 10.5. The van der Waals surface area contributed by atoms with Crippen LogP contribution in [0, 0.1) is 0 Å². The Morgan fingerprint density at radius 2 is 2.17 bits per heavy atom. The van der Waals surface area contributed by atoms with E-state index in [2.05, 4.69) is 15.3 Å². The monoisotopic (exact) mass is 248 g/mol. The Hall–Kier alpha value is -2.04. The molecule has 1 aromatic carbocycles. The molecule has 1 amide bonds. The second-order valence-electron chi connectivity index (χ2n) is 4.04. The third-order valence-corrected chi connectivity index (χ3v) is 2.95. The van der Waals surface area contributed by atoms with Crippen LogP contribution in [0.2, 0.25) is 0 Å². The van der Waals surface area contributed by atoms with Gasteiger partial charge in [0.05, 0.1) is 19.9 Å². The van der Waals surface area contributed by atoms with Gasteiger partial charge < -0.3 is 9.47 Å².